The molecule has 0 atom stereocenters. The molecule has 0 amide bonds. The second kappa shape index (κ2) is 7.87. The van der Waals surface area contributed by atoms with E-state index in [4.69, 9.17) is 0 Å². The standard InChI is InChI=1S/C19H19F2N3O2S/c1-14-22-9-10-24(14)13-16-6-4-5-15(11-16)12-23-17-7-2-3-8-18(17)27(25,26)19(20)21/h2-11,19,23H,12-13H2,1H3. The fraction of sp³-hybridized carbons (Fsp3) is 0.211. The van der Waals surface area contributed by atoms with Gasteiger partial charge in [0.1, 0.15) is 5.82 Å². The summed E-state index contributed by atoms with van der Waals surface area (Å²) < 4.78 is 51.4. The first-order valence-electron chi connectivity index (χ1n) is 8.28. The summed E-state index contributed by atoms with van der Waals surface area (Å²) >= 11 is 0. The predicted octanol–water partition coefficient (Wildman–Crippen LogP) is 3.85. The number of para-hydroxylation sites is 1. The Hall–Kier alpha value is -2.74. The zero-order chi connectivity index (χ0) is 19.4. The highest BCUT2D eigenvalue weighted by molar-refractivity contribution is 7.91. The molecular formula is C19H19F2N3O2S. The van der Waals surface area contributed by atoms with E-state index in [0.29, 0.717) is 13.1 Å². The maximum atomic E-state index is 12.9. The van der Waals surface area contributed by atoms with Crippen LogP contribution < -0.4 is 5.32 Å². The summed E-state index contributed by atoms with van der Waals surface area (Å²) in [5, 5.41) is 2.96. The molecule has 142 valence electrons. The van der Waals surface area contributed by atoms with E-state index in [1.807, 2.05) is 42.0 Å². The topological polar surface area (TPSA) is 64.0 Å². The normalized spacial score (nSPS) is 11.7. The maximum Gasteiger partial charge on any atom is 0.341 e. The summed E-state index contributed by atoms with van der Waals surface area (Å²) in [5.41, 5.74) is 2.13. The lowest BCUT2D eigenvalue weighted by Gasteiger charge is -2.13. The first-order valence-corrected chi connectivity index (χ1v) is 9.83. The van der Waals surface area contributed by atoms with Gasteiger partial charge in [-0.15, -0.1) is 0 Å². The SMILES string of the molecule is Cc1nccn1Cc1cccc(CNc2ccccc2S(=O)(=O)C(F)F)c1. The van der Waals surface area contributed by atoms with Gasteiger partial charge in [0.2, 0.25) is 9.84 Å². The number of nitrogens with zero attached hydrogens (tertiary/aromatic N) is 2. The third-order valence-corrected chi connectivity index (χ3v) is 5.62. The summed E-state index contributed by atoms with van der Waals surface area (Å²) in [7, 11) is -4.67. The monoisotopic (exact) mass is 391 g/mol. The summed E-state index contributed by atoms with van der Waals surface area (Å²) in [4.78, 5) is 3.79. The maximum absolute atomic E-state index is 12.9. The first-order chi connectivity index (χ1) is 12.9. The molecule has 0 aliphatic rings. The van der Waals surface area contributed by atoms with Crippen LogP contribution in [0.25, 0.3) is 0 Å². The molecule has 1 heterocycles. The van der Waals surface area contributed by atoms with E-state index >= 15 is 0 Å². The highest BCUT2D eigenvalue weighted by Gasteiger charge is 2.28. The third kappa shape index (κ3) is 4.33. The van der Waals surface area contributed by atoms with E-state index in [9.17, 15) is 17.2 Å². The van der Waals surface area contributed by atoms with E-state index < -0.39 is 20.5 Å². The Kier molecular flexibility index (Phi) is 5.55. The molecule has 0 fully saturated rings. The van der Waals surface area contributed by atoms with Gasteiger partial charge in [-0.3, -0.25) is 0 Å². The van der Waals surface area contributed by atoms with Gasteiger partial charge in [0, 0.05) is 25.5 Å². The largest absolute Gasteiger partial charge is 0.380 e. The highest BCUT2D eigenvalue weighted by Crippen LogP contribution is 2.26. The molecule has 0 aliphatic heterocycles. The Balaban J connectivity index is 1.77. The van der Waals surface area contributed by atoms with Gasteiger partial charge >= 0.3 is 5.76 Å². The fourth-order valence-corrected chi connectivity index (χ4v) is 3.67. The van der Waals surface area contributed by atoms with Crippen molar-refractivity contribution in [3.05, 3.63) is 77.9 Å². The van der Waals surface area contributed by atoms with Crippen LogP contribution in [0.5, 0.6) is 0 Å². The van der Waals surface area contributed by atoms with Gasteiger partial charge in [0.05, 0.1) is 10.6 Å². The van der Waals surface area contributed by atoms with Crippen LogP contribution in [0, 0.1) is 6.92 Å². The molecule has 27 heavy (non-hydrogen) atoms. The molecule has 3 rings (SSSR count). The zero-order valence-electron chi connectivity index (χ0n) is 14.6. The zero-order valence-corrected chi connectivity index (χ0v) is 15.5. The number of aryl methyl sites for hydroxylation is 1. The number of alkyl halides is 2. The van der Waals surface area contributed by atoms with Gasteiger partial charge in [0.25, 0.3) is 0 Å². The minimum atomic E-state index is -4.67. The van der Waals surface area contributed by atoms with E-state index in [1.54, 1.807) is 12.3 Å². The average Bonchev–Trinajstić information content (AvgIpc) is 3.05. The number of hydrogen-bond donors (Lipinski definition) is 1. The molecular weight excluding hydrogens is 372 g/mol. The molecule has 0 aliphatic carbocycles. The lowest BCUT2D eigenvalue weighted by molar-refractivity contribution is 0.235. The molecule has 0 radical (unpaired) electrons. The van der Waals surface area contributed by atoms with Crippen LogP contribution in [0.4, 0.5) is 14.5 Å². The number of anilines is 1. The summed E-state index contributed by atoms with van der Waals surface area (Å²) in [6.07, 6.45) is 3.63. The Morgan fingerprint density at radius 3 is 2.56 bits per heavy atom. The molecule has 5 nitrogen and oxygen atoms in total. The van der Waals surface area contributed by atoms with Crippen molar-refractivity contribution in [3.8, 4) is 0 Å². The van der Waals surface area contributed by atoms with E-state index in [2.05, 4.69) is 10.3 Å². The van der Waals surface area contributed by atoms with Crippen LogP contribution in [-0.4, -0.2) is 23.7 Å². The number of aromatic nitrogens is 2. The second-order valence-corrected chi connectivity index (χ2v) is 7.96. The van der Waals surface area contributed by atoms with Crippen molar-refractivity contribution >= 4 is 15.5 Å². The van der Waals surface area contributed by atoms with Crippen LogP contribution in [0.15, 0.2) is 65.8 Å². The number of rotatable bonds is 7. The van der Waals surface area contributed by atoms with Gasteiger partial charge in [-0.1, -0.05) is 36.4 Å². The Morgan fingerprint density at radius 2 is 1.85 bits per heavy atom. The van der Waals surface area contributed by atoms with Crippen LogP contribution in [0.3, 0.4) is 0 Å². The molecule has 0 saturated heterocycles. The minimum absolute atomic E-state index is 0.161. The van der Waals surface area contributed by atoms with Crippen molar-refractivity contribution < 1.29 is 17.2 Å². The van der Waals surface area contributed by atoms with Crippen LogP contribution >= 0.6 is 0 Å². The van der Waals surface area contributed by atoms with Gasteiger partial charge in [-0.25, -0.2) is 13.4 Å². The second-order valence-electron chi connectivity index (χ2n) is 6.08. The molecule has 8 heteroatoms. The Morgan fingerprint density at radius 1 is 1.11 bits per heavy atom. The van der Waals surface area contributed by atoms with Crippen molar-refractivity contribution in [2.45, 2.75) is 30.7 Å². The van der Waals surface area contributed by atoms with Crippen LogP contribution in [0.1, 0.15) is 17.0 Å². The number of sulfone groups is 1. The number of benzene rings is 2. The molecule has 0 unspecified atom stereocenters. The Labute approximate surface area is 156 Å². The van der Waals surface area contributed by atoms with Crippen molar-refractivity contribution in [2.75, 3.05) is 5.32 Å². The average molecular weight is 391 g/mol. The van der Waals surface area contributed by atoms with E-state index in [1.165, 1.54) is 18.2 Å². The first kappa shape index (κ1) is 19.0. The fourth-order valence-electron chi connectivity index (χ4n) is 2.76. The number of hydrogen-bond acceptors (Lipinski definition) is 4. The molecule has 1 N–H and O–H groups in total. The number of nitrogens with one attached hydrogen (secondary N) is 1. The van der Waals surface area contributed by atoms with Gasteiger partial charge in [-0.2, -0.15) is 8.78 Å². The lowest BCUT2D eigenvalue weighted by atomic mass is 10.1. The third-order valence-electron chi connectivity index (χ3n) is 4.18. The van der Waals surface area contributed by atoms with E-state index in [0.717, 1.165) is 17.0 Å². The van der Waals surface area contributed by atoms with Crippen molar-refractivity contribution in [3.63, 3.8) is 0 Å². The lowest BCUT2D eigenvalue weighted by Crippen LogP contribution is -2.14. The smallest absolute Gasteiger partial charge is 0.341 e. The van der Waals surface area contributed by atoms with Crippen LogP contribution in [-0.2, 0) is 22.9 Å². The molecule has 0 spiro atoms. The van der Waals surface area contributed by atoms with Gasteiger partial charge < -0.3 is 9.88 Å². The minimum Gasteiger partial charge on any atom is -0.380 e. The van der Waals surface area contributed by atoms with Gasteiger partial charge in [0.15, 0.2) is 0 Å². The van der Waals surface area contributed by atoms with Gasteiger partial charge in [-0.05, 0) is 30.2 Å². The summed E-state index contributed by atoms with van der Waals surface area (Å²) in [5.74, 6) is -2.55. The van der Waals surface area contributed by atoms with Crippen LogP contribution in [0.2, 0.25) is 0 Å². The highest BCUT2D eigenvalue weighted by atomic mass is 32.2. The molecule has 0 bridgehead atoms. The predicted molar refractivity (Wildman–Crippen MR) is 99.5 cm³/mol. The van der Waals surface area contributed by atoms with Crippen molar-refractivity contribution in [1.82, 2.24) is 9.55 Å². The number of halogens is 2. The molecule has 3 aromatic rings. The molecule has 1 aromatic heterocycles. The van der Waals surface area contributed by atoms with Crippen molar-refractivity contribution in [1.29, 1.82) is 0 Å². The van der Waals surface area contributed by atoms with E-state index in [-0.39, 0.29) is 5.69 Å². The van der Waals surface area contributed by atoms with Crippen molar-refractivity contribution in [2.24, 2.45) is 0 Å². The summed E-state index contributed by atoms with van der Waals surface area (Å²) in [6.45, 7) is 2.90. The Bertz CT molecular complexity index is 1030. The molecule has 2 aromatic carbocycles. The molecule has 0 saturated carbocycles. The quantitative estimate of drug-likeness (QED) is 0.665. The summed E-state index contributed by atoms with van der Waals surface area (Å²) in [6, 6.07) is 13.5. The number of imidazole rings is 1.